The summed E-state index contributed by atoms with van der Waals surface area (Å²) in [7, 11) is -4.74. The molecule has 11 heteroatoms. The van der Waals surface area contributed by atoms with E-state index in [1.54, 1.807) is 0 Å². The van der Waals surface area contributed by atoms with E-state index < -0.39 is 28.5 Å². The van der Waals surface area contributed by atoms with Crippen molar-refractivity contribution in [3.8, 4) is 0 Å². The molecule has 0 aromatic carbocycles. The Balaban J connectivity index is 1.34. The quantitative estimate of drug-likeness (QED) is 0.785. The van der Waals surface area contributed by atoms with Crippen LogP contribution in [0.2, 0.25) is 0 Å². The summed E-state index contributed by atoms with van der Waals surface area (Å²) in [6, 6.07) is -1.43. The first-order valence-corrected chi connectivity index (χ1v) is 9.89. The number of rotatable bonds is 4. The van der Waals surface area contributed by atoms with Crippen molar-refractivity contribution in [1.29, 1.82) is 0 Å². The van der Waals surface area contributed by atoms with Crippen LogP contribution in [0.4, 0.5) is 4.79 Å². The van der Waals surface area contributed by atoms with Gasteiger partial charge in [0.15, 0.2) is 0 Å². The lowest BCUT2D eigenvalue weighted by Crippen LogP contribution is -2.35. The van der Waals surface area contributed by atoms with Crippen LogP contribution in [-0.4, -0.2) is 51.7 Å². The fourth-order valence-corrected chi connectivity index (χ4v) is 5.18. The third-order valence-electron chi connectivity index (χ3n) is 5.93. The number of nitrogens with zero attached hydrogens (tertiary/aromatic N) is 4. The van der Waals surface area contributed by atoms with Gasteiger partial charge in [0.2, 0.25) is 11.8 Å². The number of hydrogen-bond acceptors (Lipinski definition) is 7. The predicted molar refractivity (Wildman–Crippen MR) is 80.2 cm³/mol. The van der Waals surface area contributed by atoms with Crippen molar-refractivity contribution in [3.05, 3.63) is 11.8 Å². The summed E-state index contributed by atoms with van der Waals surface area (Å²) in [4.78, 5) is 13.9. The van der Waals surface area contributed by atoms with E-state index in [1.807, 2.05) is 0 Å². The number of carbonyl (C=O) groups is 1. The zero-order chi connectivity index (χ0) is 17.3. The van der Waals surface area contributed by atoms with Crippen molar-refractivity contribution >= 4 is 16.4 Å². The van der Waals surface area contributed by atoms with E-state index >= 15 is 0 Å². The van der Waals surface area contributed by atoms with Gasteiger partial charge < -0.3 is 9.32 Å². The van der Waals surface area contributed by atoms with E-state index in [4.69, 9.17) is 8.97 Å². The molecule has 1 aromatic heterocycles. The maximum atomic E-state index is 12.4. The SMILES string of the molecule is O=C1N2C[C@@H](CC[C@H]2c2nnc(C3[C@H]4CCC[C@@H]34)o2)N1OS(=O)(=O)O. The number of urea groups is 1. The van der Waals surface area contributed by atoms with Gasteiger partial charge in [-0.3, -0.25) is 4.55 Å². The average Bonchev–Trinajstić information content (AvgIpc) is 2.97. The smallest absolute Gasteiger partial charge is 0.418 e. The van der Waals surface area contributed by atoms with Crippen molar-refractivity contribution in [2.75, 3.05) is 6.54 Å². The van der Waals surface area contributed by atoms with Crippen LogP contribution in [0.3, 0.4) is 0 Å². The lowest BCUT2D eigenvalue weighted by Gasteiger charge is -2.27. The Morgan fingerprint density at radius 1 is 1.12 bits per heavy atom. The van der Waals surface area contributed by atoms with E-state index in [1.165, 1.54) is 24.2 Å². The highest BCUT2D eigenvalue weighted by molar-refractivity contribution is 7.80. The van der Waals surface area contributed by atoms with Gasteiger partial charge >= 0.3 is 16.4 Å². The van der Waals surface area contributed by atoms with Crippen LogP contribution in [0.1, 0.15) is 55.8 Å². The molecule has 2 amide bonds. The number of hydrogen-bond donors (Lipinski definition) is 1. The zero-order valence-electron chi connectivity index (χ0n) is 13.3. The van der Waals surface area contributed by atoms with Gasteiger partial charge in [-0.25, -0.2) is 4.79 Å². The minimum absolute atomic E-state index is 0.297. The van der Waals surface area contributed by atoms with Crippen LogP contribution in [0.5, 0.6) is 0 Å². The molecule has 0 spiro atoms. The van der Waals surface area contributed by atoms with Gasteiger partial charge in [-0.15, -0.1) is 14.5 Å². The maximum absolute atomic E-state index is 12.4. The Kier molecular flexibility index (Phi) is 3.20. The van der Waals surface area contributed by atoms with E-state index in [9.17, 15) is 13.2 Å². The zero-order valence-corrected chi connectivity index (χ0v) is 14.1. The second-order valence-corrected chi connectivity index (χ2v) is 8.28. The van der Waals surface area contributed by atoms with E-state index in [0.29, 0.717) is 48.9 Å². The minimum Gasteiger partial charge on any atom is -0.423 e. The molecule has 1 N–H and O–H groups in total. The molecule has 4 aliphatic rings. The highest BCUT2D eigenvalue weighted by Crippen LogP contribution is 2.62. The Labute approximate surface area is 144 Å². The minimum atomic E-state index is -4.74. The van der Waals surface area contributed by atoms with Crippen LogP contribution < -0.4 is 0 Å². The lowest BCUT2D eigenvalue weighted by molar-refractivity contribution is -0.0317. The first-order chi connectivity index (χ1) is 11.9. The van der Waals surface area contributed by atoms with Gasteiger partial charge in [-0.1, -0.05) is 6.42 Å². The van der Waals surface area contributed by atoms with Crippen molar-refractivity contribution in [1.82, 2.24) is 20.2 Å². The third kappa shape index (κ3) is 2.44. The molecular formula is C14H18N4O6S. The summed E-state index contributed by atoms with van der Waals surface area (Å²) in [6.45, 7) is 0.297. The highest BCUT2D eigenvalue weighted by atomic mass is 32.3. The molecule has 2 bridgehead atoms. The summed E-state index contributed by atoms with van der Waals surface area (Å²) in [5.74, 6) is 2.73. The molecule has 136 valence electrons. The van der Waals surface area contributed by atoms with Crippen molar-refractivity contribution in [3.63, 3.8) is 0 Å². The molecule has 2 saturated carbocycles. The fourth-order valence-electron chi connectivity index (χ4n) is 4.79. The second-order valence-electron chi connectivity index (χ2n) is 7.27. The van der Waals surface area contributed by atoms with Crippen LogP contribution in [0, 0.1) is 11.8 Å². The number of piperidine rings is 1. The predicted octanol–water partition coefficient (Wildman–Crippen LogP) is 1.26. The molecule has 1 unspecified atom stereocenters. The van der Waals surface area contributed by atoms with Crippen LogP contribution >= 0.6 is 0 Å². The van der Waals surface area contributed by atoms with Crippen molar-refractivity contribution in [2.24, 2.45) is 11.8 Å². The largest absolute Gasteiger partial charge is 0.423 e. The average molecular weight is 370 g/mol. The van der Waals surface area contributed by atoms with Crippen molar-refractivity contribution in [2.45, 2.75) is 50.1 Å². The summed E-state index contributed by atoms with van der Waals surface area (Å²) in [6.07, 6.45) is 4.79. The molecule has 0 radical (unpaired) electrons. The van der Waals surface area contributed by atoms with Gasteiger partial charge in [-0.05, 0) is 37.5 Å². The molecular weight excluding hydrogens is 352 g/mol. The molecule has 10 nitrogen and oxygen atoms in total. The van der Waals surface area contributed by atoms with E-state index in [-0.39, 0.29) is 0 Å². The third-order valence-corrected chi connectivity index (χ3v) is 6.28. The van der Waals surface area contributed by atoms with Crippen LogP contribution in [0.25, 0.3) is 0 Å². The van der Waals surface area contributed by atoms with Crippen LogP contribution in [-0.2, 0) is 14.7 Å². The molecule has 2 aliphatic heterocycles. The van der Waals surface area contributed by atoms with Crippen LogP contribution in [0.15, 0.2) is 4.42 Å². The molecule has 1 aromatic rings. The molecule has 5 rings (SSSR count). The summed E-state index contributed by atoms with van der Waals surface area (Å²) in [5, 5.41) is 9.05. The number of aromatic nitrogens is 2. The normalized spacial score (nSPS) is 36.8. The molecule has 5 atom stereocenters. The number of amides is 2. The Morgan fingerprint density at radius 2 is 1.84 bits per heavy atom. The Hall–Kier alpha value is -1.72. The standard InChI is InChI=1S/C14H18N4O6S/c19-14-17-6-7(18(14)24-25(20,21)22)4-5-10(17)12-15-16-13(23-12)11-8-2-1-3-9(8)11/h7-11H,1-6H2,(H,20,21,22)/t7-,8-,9+,10+,11?/m1/s1. The highest BCUT2D eigenvalue weighted by Gasteiger charge is 2.56. The van der Waals surface area contributed by atoms with Gasteiger partial charge in [0.25, 0.3) is 0 Å². The number of hydroxylamine groups is 2. The first kappa shape index (κ1) is 15.5. The second kappa shape index (κ2) is 5.15. The maximum Gasteiger partial charge on any atom is 0.418 e. The Bertz CT molecular complexity index is 815. The monoisotopic (exact) mass is 370 g/mol. The molecule has 2 saturated heterocycles. The lowest BCUT2D eigenvalue weighted by atomic mass is 10.0. The molecule has 25 heavy (non-hydrogen) atoms. The summed E-state index contributed by atoms with van der Waals surface area (Å²) >= 11 is 0. The summed E-state index contributed by atoms with van der Waals surface area (Å²) < 4.78 is 41.0. The molecule has 4 fully saturated rings. The fraction of sp³-hybridized carbons (Fsp3) is 0.786. The number of fused-ring (bicyclic) bond motifs is 3. The molecule has 2 aliphatic carbocycles. The van der Waals surface area contributed by atoms with Gasteiger partial charge in [-0.2, -0.15) is 13.5 Å². The van der Waals surface area contributed by atoms with E-state index in [2.05, 4.69) is 14.5 Å². The summed E-state index contributed by atoms with van der Waals surface area (Å²) in [5.41, 5.74) is 0. The van der Waals surface area contributed by atoms with Gasteiger partial charge in [0.1, 0.15) is 6.04 Å². The number of carbonyl (C=O) groups excluding carboxylic acids is 1. The topological polar surface area (TPSA) is 126 Å². The Morgan fingerprint density at radius 3 is 2.56 bits per heavy atom. The van der Waals surface area contributed by atoms with Crippen molar-refractivity contribution < 1.29 is 26.5 Å². The first-order valence-electron chi connectivity index (χ1n) is 8.52. The van der Waals surface area contributed by atoms with E-state index in [0.717, 1.165) is 5.06 Å². The molecule has 3 heterocycles. The van der Waals surface area contributed by atoms with Gasteiger partial charge in [0, 0.05) is 12.5 Å². The van der Waals surface area contributed by atoms with Gasteiger partial charge in [0.05, 0.1) is 6.04 Å².